The number of halogens is 1. The Kier molecular flexibility index (Phi) is 4.34. The van der Waals surface area contributed by atoms with Crippen molar-refractivity contribution < 1.29 is 18.3 Å². The fourth-order valence-electron chi connectivity index (χ4n) is 2.29. The Labute approximate surface area is 124 Å². The summed E-state index contributed by atoms with van der Waals surface area (Å²) in [7, 11) is -3.57. The van der Waals surface area contributed by atoms with Gasteiger partial charge in [-0.2, -0.15) is 0 Å². The third kappa shape index (κ3) is 3.36. The maximum atomic E-state index is 12.2. The third-order valence-electron chi connectivity index (χ3n) is 3.24. The SMILES string of the molecule is Cc1sc(Br)cc1S(=O)(=O)NC1CCC(C(=O)O)C1. The van der Waals surface area contributed by atoms with Crippen molar-refractivity contribution in [1.82, 2.24) is 4.72 Å². The van der Waals surface area contributed by atoms with Gasteiger partial charge in [0.2, 0.25) is 10.0 Å². The number of aliphatic carboxylic acids is 1. The number of nitrogens with one attached hydrogen (secondary N) is 1. The number of sulfonamides is 1. The van der Waals surface area contributed by atoms with Crippen molar-refractivity contribution in [1.29, 1.82) is 0 Å². The van der Waals surface area contributed by atoms with Gasteiger partial charge in [0.15, 0.2) is 0 Å². The number of hydrogen-bond acceptors (Lipinski definition) is 4. The van der Waals surface area contributed by atoms with Gasteiger partial charge in [-0.25, -0.2) is 13.1 Å². The first-order valence-corrected chi connectivity index (χ1v) is 8.90. The molecule has 0 aliphatic heterocycles. The van der Waals surface area contributed by atoms with Gasteiger partial charge >= 0.3 is 5.97 Å². The lowest BCUT2D eigenvalue weighted by molar-refractivity contribution is -0.141. The van der Waals surface area contributed by atoms with Crippen molar-refractivity contribution in [2.75, 3.05) is 0 Å². The average Bonchev–Trinajstić information content (AvgIpc) is 2.85. The average molecular weight is 368 g/mol. The molecule has 8 heteroatoms. The van der Waals surface area contributed by atoms with Gasteiger partial charge in [-0.1, -0.05) is 0 Å². The summed E-state index contributed by atoms with van der Waals surface area (Å²) in [5, 5.41) is 8.91. The predicted octanol–water partition coefficient (Wildman–Crippen LogP) is 2.35. The lowest BCUT2D eigenvalue weighted by Gasteiger charge is -2.12. The van der Waals surface area contributed by atoms with Crippen LogP contribution in [0.25, 0.3) is 0 Å². The van der Waals surface area contributed by atoms with Crippen LogP contribution in [0.1, 0.15) is 24.1 Å². The Morgan fingerprint density at radius 3 is 2.68 bits per heavy atom. The van der Waals surface area contributed by atoms with Crippen LogP contribution in [0.5, 0.6) is 0 Å². The Morgan fingerprint density at radius 2 is 2.21 bits per heavy atom. The smallest absolute Gasteiger partial charge is 0.306 e. The fraction of sp³-hybridized carbons (Fsp3) is 0.545. The van der Waals surface area contributed by atoms with E-state index in [4.69, 9.17) is 5.11 Å². The first-order valence-electron chi connectivity index (χ1n) is 5.80. The molecule has 0 saturated heterocycles. The Hall–Kier alpha value is -0.440. The first kappa shape index (κ1) is 15.0. The van der Waals surface area contributed by atoms with Crippen LogP contribution in [0, 0.1) is 12.8 Å². The normalized spacial score (nSPS) is 23.7. The van der Waals surface area contributed by atoms with E-state index in [9.17, 15) is 13.2 Å². The summed E-state index contributed by atoms with van der Waals surface area (Å²) in [6.07, 6.45) is 1.45. The lowest BCUT2D eigenvalue weighted by Crippen LogP contribution is -2.33. The Morgan fingerprint density at radius 1 is 1.53 bits per heavy atom. The second-order valence-corrected chi connectivity index (χ2v) is 8.96. The molecule has 0 amide bonds. The summed E-state index contributed by atoms with van der Waals surface area (Å²) in [5.41, 5.74) is 0. The molecule has 2 N–H and O–H groups in total. The largest absolute Gasteiger partial charge is 0.481 e. The van der Waals surface area contributed by atoms with Crippen LogP contribution in [0.3, 0.4) is 0 Å². The molecule has 0 radical (unpaired) electrons. The van der Waals surface area contributed by atoms with E-state index >= 15 is 0 Å². The monoisotopic (exact) mass is 367 g/mol. The Balaban J connectivity index is 2.11. The molecule has 2 rings (SSSR count). The number of carbonyl (C=O) groups is 1. The highest BCUT2D eigenvalue weighted by Gasteiger charge is 2.33. The van der Waals surface area contributed by atoms with E-state index in [-0.39, 0.29) is 10.9 Å². The number of carboxylic acid groups (broad SMARTS) is 1. The molecule has 1 aliphatic rings. The molecular weight excluding hydrogens is 354 g/mol. The fourth-order valence-corrected chi connectivity index (χ4v) is 5.99. The van der Waals surface area contributed by atoms with E-state index in [1.807, 2.05) is 0 Å². The van der Waals surface area contributed by atoms with Crippen LogP contribution >= 0.6 is 27.3 Å². The molecule has 1 aromatic heterocycles. The van der Waals surface area contributed by atoms with E-state index in [1.54, 1.807) is 13.0 Å². The van der Waals surface area contributed by atoms with E-state index < -0.39 is 21.9 Å². The van der Waals surface area contributed by atoms with Gasteiger partial charge < -0.3 is 5.11 Å². The van der Waals surface area contributed by atoms with Gasteiger partial charge in [0.1, 0.15) is 0 Å². The van der Waals surface area contributed by atoms with E-state index in [0.29, 0.717) is 24.1 Å². The summed E-state index contributed by atoms with van der Waals surface area (Å²) < 4.78 is 27.8. The molecule has 1 heterocycles. The number of carboxylic acids is 1. The molecule has 0 bridgehead atoms. The zero-order valence-electron chi connectivity index (χ0n) is 10.2. The maximum absolute atomic E-state index is 12.2. The quantitative estimate of drug-likeness (QED) is 0.855. The van der Waals surface area contributed by atoms with E-state index in [1.165, 1.54) is 11.3 Å². The summed E-state index contributed by atoms with van der Waals surface area (Å²) in [6.45, 7) is 1.75. The minimum atomic E-state index is -3.57. The number of rotatable bonds is 4. The standard InChI is InChI=1S/C11H14BrNO4S2/c1-6-9(5-10(12)18-6)19(16,17)13-8-3-2-7(4-8)11(14)15/h5,7-8,13H,2-4H2,1H3,(H,14,15). The summed E-state index contributed by atoms with van der Waals surface area (Å²) >= 11 is 4.63. The highest BCUT2D eigenvalue weighted by Crippen LogP contribution is 2.31. The highest BCUT2D eigenvalue weighted by atomic mass is 79.9. The Bertz CT molecular complexity index is 596. The number of thiophene rings is 1. The first-order chi connectivity index (χ1) is 8.79. The maximum Gasteiger partial charge on any atom is 0.306 e. The van der Waals surface area contributed by atoms with E-state index in [0.717, 1.165) is 3.79 Å². The molecule has 106 valence electrons. The lowest BCUT2D eigenvalue weighted by atomic mass is 10.1. The second-order valence-electron chi connectivity index (χ2n) is 4.64. The molecule has 2 atom stereocenters. The van der Waals surface area contributed by atoms with E-state index in [2.05, 4.69) is 20.7 Å². The molecule has 0 spiro atoms. The van der Waals surface area contributed by atoms with Gasteiger partial charge in [0, 0.05) is 10.9 Å². The van der Waals surface area contributed by atoms with Crippen LogP contribution in [0.15, 0.2) is 14.7 Å². The van der Waals surface area contributed by atoms with Gasteiger partial charge in [-0.15, -0.1) is 11.3 Å². The van der Waals surface area contributed by atoms with Crippen molar-refractivity contribution in [2.24, 2.45) is 5.92 Å². The van der Waals surface area contributed by atoms with Crippen molar-refractivity contribution in [2.45, 2.75) is 37.1 Å². The molecule has 1 saturated carbocycles. The van der Waals surface area contributed by atoms with Gasteiger partial charge in [-0.05, 0) is 48.2 Å². The summed E-state index contributed by atoms with van der Waals surface area (Å²) in [4.78, 5) is 11.8. The van der Waals surface area contributed by atoms with Crippen LogP contribution in [0.4, 0.5) is 0 Å². The number of aryl methyl sites for hydroxylation is 1. The van der Waals surface area contributed by atoms with Crippen molar-refractivity contribution in [3.8, 4) is 0 Å². The minimum absolute atomic E-state index is 0.267. The van der Waals surface area contributed by atoms with Crippen LogP contribution in [-0.2, 0) is 14.8 Å². The molecular formula is C11H14BrNO4S2. The zero-order chi connectivity index (χ0) is 14.2. The molecule has 1 aromatic rings. The molecule has 0 aromatic carbocycles. The van der Waals surface area contributed by atoms with Crippen LogP contribution in [0.2, 0.25) is 0 Å². The molecule has 5 nitrogen and oxygen atoms in total. The predicted molar refractivity (Wildman–Crippen MR) is 75.8 cm³/mol. The molecule has 1 aliphatic carbocycles. The zero-order valence-corrected chi connectivity index (χ0v) is 13.4. The second kappa shape index (κ2) is 5.51. The number of hydrogen-bond donors (Lipinski definition) is 2. The van der Waals surface area contributed by atoms with Crippen LogP contribution in [-0.4, -0.2) is 25.5 Å². The van der Waals surface area contributed by atoms with Gasteiger partial charge in [-0.3, -0.25) is 4.79 Å². The molecule has 1 fully saturated rings. The van der Waals surface area contributed by atoms with Crippen molar-refractivity contribution in [3.05, 3.63) is 14.7 Å². The highest BCUT2D eigenvalue weighted by molar-refractivity contribution is 9.11. The molecule has 2 unspecified atom stereocenters. The van der Waals surface area contributed by atoms with Crippen LogP contribution < -0.4 is 4.72 Å². The van der Waals surface area contributed by atoms with Crippen molar-refractivity contribution in [3.63, 3.8) is 0 Å². The minimum Gasteiger partial charge on any atom is -0.481 e. The summed E-state index contributed by atoms with van der Waals surface area (Å²) in [6, 6.07) is 1.29. The summed E-state index contributed by atoms with van der Waals surface area (Å²) in [5.74, 6) is -1.29. The van der Waals surface area contributed by atoms with Gasteiger partial charge in [0.05, 0.1) is 14.6 Å². The van der Waals surface area contributed by atoms with Crippen molar-refractivity contribution >= 4 is 43.3 Å². The topological polar surface area (TPSA) is 83.5 Å². The molecule has 19 heavy (non-hydrogen) atoms. The van der Waals surface area contributed by atoms with Gasteiger partial charge in [0.25, 0.3) is 0 Å². The third-order valence-corrected chi connectivity index (χ3v) is 6.56.